The van der Waals surface area contributed by atoms with Gasteiger partial charge in [0, 0.05) is 49.4 Å². The quantitative estimate of drug-likeness (QED) is 0.591. The first-order valence-corrected chi connectivity index (χ1v) is 12.2. The zero-order valence-corrected chi connectivity index (χ0v) is 19.7. The number of piperidine rings is 1. The summed E-state index contributed by atoms with van der Waals surface area (Å²) in [6.45, 7) is 4.12. The molecule has 174 valence electrons. The van der Waals surface area contributed by atoms with Gasteiger partial charge in [-0.1, -0.05) is 48.0 Å². The summed E-state index contributed by atoms with van der Waals surface area (Å²) in [4.78, 5) is 32.2. The van der Waals surface area contributed by atoms with E-state index < -0.39 is 0 Å². The molecule has 1 saturated carbocycles. The van der Waals surface area contributed by atoms with Crippen LogP contribution < -0.4 is 5.32 Å². The number of nitrogens with one attached hydrogen (secondary N) is 1. The van der Waals surface area contributed by atoms with E-state index in [0.717, 1.165) is 48.1 Å². The van der Waals surface area contributed by atoms with Crippen LogP contribution in [-0.2, 0) is 11.2 Å². The lowest BCUT2D eigenvalue weighted by atomic mass is 9.90. The molecule has 1 aliphatic heterocycles. The molecule has 5 rings (SSSR count). The van der Waals surface area contributed by atoms with E-state index in [2.05, 4.69) is 41.5 Å². The van der Waals surface area contributed by atoms with Gasteiger partial charge < -0.3 is 10.2 Å². The molecule has 2 aromatic carbocycles. The maximum Gasteiger partial charge on any atom is 0.253 e. The van der Waals surface area contributed by atoms with E-state index in [-0.39, 0.29) is 23.1 Å². The highest BCUT2D eigenvalue weighted by molar-refractivity contribution is 5.95. The second kappa shape index (κ2) is 9.41. The zero-order valence-electron chi connectivity index (χ0n) is 19.7. The van der Waals surface area contributed by atoms with Crippen molar-refractivity contribution in [2.45, 2.75) is 32.6 Å². The number of pyridine rings is 1. The first-order chi connectivity index (χ1) is 16.5. The predicted octanol–water partition coefficient (Wildman–Crippen LogP) is 4.66. The van der Waals surface area contributed by atoms with Crippen molar-refractivity contribution in [3.8, 4) is 11.1 Å². The van der Waals surface area contributed by atoms with Gasteiger partial charge in [0.25, 0.3) is 5.91 Å². The fourth-order valence-electron chi connectivity index (χ4n) is 5.25. The van der Waals surface area contributed by atoms with Crippen molar-refractivity contribution in [2.24, 2.45) is 11.3 Å². The van der Waals surface area contributed by atoms with E-state index in [4.69, 9.17) is 0 Å². The van der Waals surface area contributed by atoms with E-state index in [1.807, 2.05) is 47.4 Å². The minimum atomic E-state index is 0.0786. The lowest BCUT2D eigenvalue weighted by molar-refractivity contribution is -0.123. The third-order valence-corrected chi connectivity index (χ3v) is 7.42. The Morgan fingerprint density at radius 3 is 2.50 bits per heavy atom. The number of likely N-dealkylation sites (tertiary alicyclic amines) is 1. The number of nitrogens with zero attached hydrogens (tertiary/aromatic N) is 2. The van der Waals surface area contributed by atoms with Crippen LogP contribution in [0.15, 0.2) is 72.9 Å². The molecule has 2 fully saturated rings. The van der Waals surface area contributed by atoms with Crippen LogP contribution in [0, 0.1) is 18.3 Å². The Balaban J connectivity index is 1.14. The summed E-state index contributed by atoms with van der Waals surface area (Å²) < 4.78 is 0. The van der Waals surface area contributed by atoms with Gasteiger partial charge in [-0.15, -0.1) is 0 Å². The zero-order chi connectivity index (χ0) is 23.5. The molecule has 2 heterocycles. The molecule has 5 nitrogen and oxygen atoms in total. The highest BCUT2D eigenvalue weighted by atomic mass is 16.2. The molecule has 0 bridgehead atoms. The molecule has 1 atom stereocenters. The molecule has 1 saturated heterocycles. The molecule has 34 heavy (non-hydrogen) atoms. The molecule has 3 aromatic rings. The van der Waals surface area contributed by atoms with Crippen LogP contribution >= 0.6 is 0 Å². The monoisotopic (exact) mass is 453 g/mol. The third kappa shape index (κ3) is 4.74. The average molecular weight is 454 g/mol. The minimum Gasteiger partial charge on any atom is -0.355 e. The first-order valence-electron chi connectivity index (χ1n) is 12.2. The van der Waals surface area contributed by atoms with Crippen molar-refractivity contribution in [1.82, 2.24) is 15.2 Å². The van der Waals surface area contributed by atoms with Crippen LogP contribution in [0.3, 0.4) is 0 Å². The SMILES string of the molecule is Cc1cccc(-c2cccc(C(=O)N3CCC4(CC3)CC4C(=O)NCCc3ccccn3)c2)c1. The van der Waals surface area contributed by atoms with Gasteiger partial charge in [0.15, 0.2) is 0 Å². The molecule has 1 aromatic heterocycles. The predicted molar refractivity (Wildman–Crippen MR) is 133 cm³/mol. The van der Waals surface area contributed by atoms with Crippen molar-refractivity contribution in [3.05, 3.63) is 89.7 Å². The Labute approximate surface area is 201 Å². The Morgan fingerprint density at radius 1 is 1.00 bits per heavy atom. The van der Waals surface area contributed by atoms with Gasteiger partial charge in [-0.25, -0.2) is 0 Å². The second-order valence-corrected chi connectivity index (χ2v) is 9.72. The Hall–Kier alpha value is -3.47. The molecule has 0 radical (unpaired) electrons. The Morgan fingerprint density at radius 2 is 1.76 bits per heavy atom. The van der Waals surface area contributed by atoms with Gasteiger partial charge in [0.1, 0.15) is 0 Å². The highest BCUT2D eigenvalue weighted by Gasteiger charge is 2.58. The van der Waals surface area contributed by atoms with Crippen LogP contribution in [0.2, 0.25) is 0 Å². The number of hydrogen-bond acceptors (Lipinski definition) is 3. The molecule has 1 aliphatic carbocycles. The maximum absolute atomic E-state index is 13.2. The van der Waals surface area contributed by atoms with E-state index >= 15 is 0 Å². The molecule has 2 amide bonds. The number of aryl methyl sites for hydroxylation is 1. The van der Waals surface area contributed by atoms with Crippen LogP contribution in [-0.4, -0.2) is 41.3 Å². The standard InChI is InChI=1S/C29H31N3O2/c1-21-6-4-7-22(18-21)23-8-5-9-24(19-23)28(34)32-16-12-29(13-17-32)20-26(29)27(33)31-15-11-25-10-2-3-14-30-25/h2-10,14,18-19,26H,11-13,15-17,20H2,1H3,(H,31,33). The third-order valence-electron chi connectivity index (χ3n) is 7.42. The molecule has 1 N–H and O–H groups in total. The molecule has 1 spiro atoms. The van der Waals surface area contributed by atoms with Gasteiger partial charge >= 0.3 is 0 Å². The summed E-state index contributed by atoms with van der Waals surface area (Å²) in [7, 11) is 0. The summed E-state index contributed by atoms with van der Waals surface area (Å²) in [5, 5.41) is 3.09. The highest BCUT2D eigenvalue weighted by Crippen LogP contribution is 2.59. The number of benzene rings is 2. The number of carbonyl (C=O) groups is 2. The number of amides is 2. The van der Waals surface area contributed by atoms with Crippen LogP contribution in [0.4, 0.5) is 0 Å². The van der Waals surface area contributed by atoms with Crippen molar-refractivity contribution in [1.29, 1.82) is 0 Å². The fraction of sp³-hybridized carbons (Fsp3) is 0.345. The summed E-state index contributed by atoms with van der Waals surface area (Å²) >= 11 is 0. The molecule has 5 heteroatoms. The van der Waals surface area contributed by atoms with Gasteiger partial charge in [-0.2, -0.15) is 0 Å². The summed E-state index contributed by atoms with van der Waals surface area (Å²) in [5.41, 5.74) is 5.20. The molecule has 2 aliphatic rings. The van der Waals surface area contributed by atoms with Gasteiger partial charge in [-0.3, -0.25) is 14.6 Å². The molecule has 1 unspecified atom stereocenters. The average Bonchev–Trinajstić information content (AvgIpc) is 3.58. The van der Waals surface area contributed by atoms with Gasteiger partial charge in [0.2, 0.25) is 5.91 Å². The number of hydrogen-bond donors (Lipinski definition) is 1. The van der Waals surface area contributed by atoms with Crippen molar-refractivity contribution in [3.63, 3.8) is 0 Å². The fourth-order valence-corrected chi connectivity index (χ4v) is 5.25. The lowest BCUT2D eigenvalue weighted by Crippen LogP contribution is -2.40. The van der Waals surface area contributed by atoms with Crippen LogP contribution in [0.1, 0.15) is 40.9 Å². The van der Waals surface area contributed by atoms with E-state index in [1.165, 1.54) is 5.56 Å². The normalized spacial score (nSPS) is 18.5. The number of carbonyl (C=O) groups excluding carboxylic acids is 2. The smallest absolute Gasteiger partial charge is 0.253 e. The van der Waals surface area contributed by atoms with Gasteiger partial charge in [-0.05, 0) is 67.0 Å². The summed E-state index contributed by atoms with van der Waals surface area (Å²) in [6, 6.07) is 22.1. The second-order valence-electron chi connectivity index (χ2n) is 9.72. The lowest BCUT2D eigenvalue weighted by Gasteiger charge is -2.33. The van der Waals surface area contributed by atoms with Crippen molar-refractivity contribution in [2.75, 3.05) is 19.6 Å². The Kier molecular flexibility index (Phi) is 6.18. The van der Waals surface area contributed by atoms with E-state index in [1.54, 1.807) is 6.20 Å². The van der Waals surface area contributed by atoms with E-state index in [0.29, 0.717) is 19.6 Å². The van der Waals surface area contributed by atoms with Crippen LogP contribution in [0.5, 0.6) is 0 Å². The van der Waals surface area contributed by atoms with Crippen molar-refractivity contribution >= 4 is 11.8 Å². The molecular formula is C29H31N3O2. The Bertz CT molecular complexity index is 1180. The first kappa shape index (κ1) is 22.3. The maximum atomic E-state index is 13.2. The number of rotatable bonds is 6. The minimum absolute atomic E-state index is 0.0786. The van der Waals surface area contributed by atoms with E-state index in [9.17, 15) is 9.59 Å². The summed E-state index contributed by atoms with van der Waals surface area (Å²) in [6.07, 6.45) is 5.26. The van der Waals surface area contributed by atoms with Crippen molar-refractivity contribution < 1.29 is 9.59 Å². The topological polar surface area (TPSA) is 62.3 Å². The van der Waals surface area contributed by atoms with Gasteiger partial charge in [0.05, 0.1) is 0 Å². The van der Waals surface area contributed by atoms with Crippen LogP contribution in [0.25, 0.3) is 11.1 Å². The largest absolute Gasteiger partial charge is 0.355 e. The molecular weight excluding hydrogens is 422 g/mol. The summed E-state index contributed by atoms with van der Waals surface area (Å²) in [5.74, 6) is 0.320. The number of aromatic nitrogens is 1.